The van der Waals surface area contributed by atoms with E-state index in [1.807, 2.05) is 35.2 Å². The van der Waals surface area contributed by atoms with E-state index >= 15 is 0 Å². The molecule has 0 fully saturated rings. The molecule has 0 unspecified atom stereocenters. The van der Waals surface area contributed by atoms with Crippen LogP contribution in [0.3, 0.4) is 0 Å². The molecule has 2 atom stereocenters. The summed E-state index contributed by atoms with van der Waals surface area (Å²) in [5.41, 5.74) is 5.87. The summed E-state index contributed by atoms with van der Waals surface area (Å²) >= 11 is 0. The fourth-order valence-corrected chi connectivity index (χ4v) is 5.07. The van der Waals surface area contributed by atoms with Gasteiger partial charge in [0.1, 0.15) is 5.69 Å². The first-order valence-corrected chi connectivity index (χ1v) is 11.2. The van der Waals surface area contributed by atoms with Crippen LogP contribution in [0.25, 0.3) is 10.9 Å². The average Bonchev–Trinajstić information content (AvgIpc) is 3.39. The van der Waals surface area contributed by atoms with Gasteiger partial charge in [-0.05, 0) is 68.4 Å². The van der Waals surface area contributed by atoms with Crippen molar-refractivity contribution >= 4 is 16.8 Å². The highest BCUT2D eigenvalue weighted by atomic mass is 16.2. The van der Waals surface area contributed by atoms with Gasteiger partial charge in [-0.25, -0.2) is 0 Å². The first kappa shape index (κ1) is 19.0. The lowest BCUT2D eigenvalue weighted by Crippen LogP contribution is -2.41. The number of hydrogen-bond acceptors (Lipinski definition) is 2. The van der Waals surface area contributed by atoms with Gasteiger partial charge < -0.3 is 15.2 Å². The minimum Gasteiger partial charge on any atom is -0.382 e. The topological polar surface area (TPSA) is 48.1 Å². The number of carbonyl (C=O) groups excluding carboxylic acids is 1. The van der Waals surface area contributed by atoms with Crippen LogP contribution in [0.5, 0.6) is 0 Å². The van der Waals surface area contributed by atoms with E-state index in [0.29, 0.717) is 18.3 Å². The van der Waals surface area contributed by atoms with Gasteiger partial charge in [0.25, 0.3) is 5.91 Å². The monoisotopic (exact) mass is 399 g/mol. The van der Waals surface area contributed by atoms with Crippen molar-refractivity contribution in [2.45, 2.75) is 51.1 Å². The molecule has 0 aliphatic heterocycles. The SMILES string of the molecule is CCN(C(=O)c1cc2ccccc2[nH]1)[C@@H]1C=C(N[C@@H]2CCc3ccccc32)CCC1. The van der Waals surface area contributed by atoms with E-state index in [1.165, 1.54) is 16.8 Å². The fourth-order valence-electron chi connectivity index (χ4n) is 5.07. The van der Waals surface area contributed by atoms with Crippen LogP contribution in [0, 0.1) is 0 Å². The number of benzene rings is 2. The van der Waals surface area contributed by atoms with Gasteiger partial charge in [-0.3, -0.25) is 4.79 Å². The number of allylic oxidation sites excluding steroid dienone is 1. The second-order valence-corrected chi connectivity index (χ2v) is 8.45. The van der Waals surface area contributed by atoms with E-state index in [1.54, 1.807) is 0 Å². The van der Waals surface area contributed by atoms with Crippen molar-refractivity contribution in [3.8, 4) is 0 Å². The summed E-state index contributed by atoms with van der Waals surface area (Å²) in [6.45, 7) is 2.78. The summed E-state index contributed by atoms with van der Waals surface area (Å²) in [4.78, 5) is 18.6. The molecule has 0 saturated carbocycles. The zero-order valence-corrected chi connectivity index (χ0v) is 17.5. The molecular weight excluding hydrogens is 370 g/mol. The number of carbonyl (C=O) groups is 1. The average molecular weight is 400 g/mol. The molecule has 5 rings (SSSR count). The zero-order valence-electron chi connectivity index (χ0n) is 17.5. The predicted octanol–water partition coefficient (Wildman–Crippen LogP) is 5.34. The van der Waals surface area contributed by atoms with Crippen LogP contribution in [0.15, 0.2) is 66.4 Å². The summed E-state index contributed by atoms with van der Waals surface area (Å²) in [6.07, 6.45) is 7.78. The Bertz CT molecular complexity index is 1060. The van der Waals surface area contributed by atoms with Gasteiger partial charge in [0.15, 0.2) is 0 Å². The van der Waals surface area contributed by atoms with E-state index in [4.69, 9.17) is 0 Å². The number of aryl methyl sites for hydroxylation is 1. The molecule has 154 valence electrons. The maximum atomic E-state index is 13.3. The Morgan fingerprint density at radius 2 is 1.93 bits per heavy atom. The van der Waals surface area contributed by atoms with Crippen molar-refractivity contribution in [1.29, 1.82) is 0 Å². The van der Waals surface area contributed by atoms with Gasteiger partial charge in [-0.2, -0.15) is 0 Å². The Morgan fingerprint density at radius 1 is 1.10 bits per heavy atom. The molecule has 1 aromatic heterocycles. The highest BCUT2D eigenvalue weighted by Crippen LogP contribution is 2.33. The highest BCUT2D eigenvalue weighted by Gasteiger charge is 2.28. The standard InChI is InChI=1S/C26H29N3O/c1-2-29(26(30)25-16-19-9-4-6-13-23(19)28-25)21-11-7-10-20(17-21)27-24-15-14-18-8-3-5-12-22(18)24/h3-6,8-9,12-13,16-17,21,24,27-28H,2,7,10-11,14-15H2,1H3/t21-,24+/m0/s1. The Balaban J connectivity index is 1.35. The molecule has 0 saturated heterocycles. The Labute approximate surface area is 178 Å². The summed E-state index contributed by atoms with van der Waals surface area (Å²) in [5.74, 6) is 0.0856. The number of nitrogens with one attached hydrogen (secondary N) is 2. The molecule has 1 heterocycles. The number of amides is 1. The summed E-state index contributed by atoms with van der Waals surface area (Å²) < 4.78 is 0. The minimum absolute atomic E-state index is 0.0856. The maximum absolute atomic E-state index is 13.3. The lowest BCUT2D eigenvalue weighted by atomic mass is 9.97. The van der Waals surface area contributed by atoms with Gasteiger partial charge in [-0.15, -0.1) is 0 Å². The van der Waals surface area contributed by atoms with E-state index < -0.39 is 0 Å². The quantitative estimate of drug-likeness (QED) is 0.608. The Kier molecular flexibility index (Phi) is 5.07. The smallest absolute Gasteiger partial charge is 0.270 e. The molecule has 1 amide bonds. The van der Waals surface area contributed by atoms with Gasteiger partial charge in [0, 0.05) is 23.1 Å². The minimum atomic E-state index is 0.0856. The van der Waals surface area contributed by atoms with Crippen molar-refractivity contribution in [3.63, 3.8) is 0 Å². The molecule has 2 aliphatic rings. The first-order valence-electron chi connectivity index (χ1n) is 11.2. The van der Waals surface area contributed by atoms with Gasteiger partial charge >= 0.3 is 0 Å². The number of likely N-dealkylation sites (N-methyl/N-ethyl adjacent to an activating group) is 1. The van der Waals surface area contributed by atoms with Gasteiger partial charge in [0.05, 0.1) is 12.1 Å². The number of aromatic amines is 1. The number of para-hydroxylation sites is 1. The maximum Gasteiger partial charge on any atom is 0.270 e. The van der Waals surface area contributed by atoms with E-state index in [9.17, 15) is 4.79 Å². The fraction of sp³-hybridized carbons (Fsp3) is 0.346. The van der Waals surface area contributed by atoms with E-state index in [-0.39, 0.29) is 11.9 Å². The van der Waals surface area contributed by atoms with Crippen LogP contribution in [0.2, 0.25) is 0 Å². The number of hydrogen-bond donors (Lipinski definition) is 2. The van der Waals surface area contributed by atoms with Gasteiger partial charge in [-0.1, -0.05) is 42.5 Å². The van der Waals surface area contributed by atoms with Crippen LogP contribution in [-0.4, -0.2) is 28.4 Å². The van der Waals surface area contributed by atoms with Crippen LogP contribution >= 0.6 is 0 Å². The van der Waals surface area contributed by atoms with Crippen LogP contribution in [0.4, 0.5) is 0 Å². The summed E-state index contributed by atoms with van der Waals surface area (Å²) in [6, 6.07) is 19.3. The summed E-state index contributed by atoms with van der Waals surface area (Å²) in [5, 5.41) is 4.88. The number of rotatable bonds is 5. The predicted molar refractivity (Wildman–Crippen MR) is 121 cm³/mol. The van der Waals surface area contributed by atoms with Crippen molar-refractivity contribution in [1.82, 2.24) is 15.2 Å². The van der Waals surface area contributed by atoms with Crippen molar-refractivity contribution in [3.05, 3.63) is 83.2 Å². The van der Waals surface area contributed by atoms with Crippen LogP contribution < -0.4 is 5.32 Å². The second kappa shape index (κ2) is 8.02. The molecule has 0 radical (unpaired) electrons. The van der Waals surface area contributed by atoms with Crippen LogP contribution in [-0.2, 0) is 6.42 Å². The first-order chi connectivity index (χ1) is 14.7. The molecule has 4 nitrogen and oxygen atoms in total. The molecule has 3 aromatic rings. The molecular formula is C26H29N3O. The third-order valence-corrected chi connectivity index (χ3v) is 6.59. The normalized spacial score (nSPS) is 20.6. The third-order valence-electron chi connectivity index (χ3n) is 6.59. The number of H-pyrrole nitrogens is 1. The van der Waals surface area contributed by atoms with E-state index in [2.05, 4.69) is 47.6 Å². The number of nitrogens with zero attached hydrogens (tertiary/aromatic N) is 1. The lowest BCUT2D eigenvalue weighted by Gasteiger charge is -2.33. The molecule has 4 heteroatoms. The van der Waals surface area contributed by atoms with Crippen molar-refractivity contribution in [2.75, 3.05) is 6.54 Å². The summed E-state index contributed by atoms with van der Waals surface area (Å²) in [7, 11) is 0. The second-order valence-electron chi connectivity index (χ2n) is 8.45. The Hall–Kier alpha value is -3.01. The van der Waals surface area contributed by atoms with Gasteiger partial charge in [0.2, 0.25) is 0 Å². The molecule has 2 aliphatic carbocycles. The largest absolute Gasteiger partial charge is 0.382 e. The Morgan fingerprint density at radius 3 is 2.80 bits per heavy atom. The molecule has 0 bridgehead atoms. The van der Waals surface area contributed by atoms with Crippen molar-refractivity contribution < 1.29 is 4.79 Å². The zero-order chi connectivity index (χ0) is 20.5. The number of aromatic nitrogens is 1. The highest BCUT2D eigenvalue weighted by molar-refractivity contribution is 5.98. The molecule has 2 aromatic carbocycles. The molecule has 30 heavy (non-hydrogen) atoms. The van der Waals surface area contributed by atoms with Crippen molar-refractivity contribution in [2.24, 2.45) is 0 Å². The molecule has 0 spiro atoms. The van der Waals surface area contributed by atoms with Crippen LogP contribution in [0.1, 0.15) is 60.3 Å². The third kappa shape index (κ3) is 3.51. The lowest BCUT2D eigenvalue weighted by molar-refractivity contribution is 0.0706. The van der Waals surface area contributed by atoms with E-state index in [0.717, 1.165) is 43.0 Å². The number of fused-ring (bicyclic) bond motifs is 2. The molecule has 2 N–H and O–H groups in total.